The van der Waals surface area contributed by atoms with Crippen molar-refractivity contribution in [2.24, 2.45) is 5.92 Å². The number of carbonyl (C=O) groups excluding carboxylic acids is 2. The lowest BCUT2D eigenvalue weighted by molar-refractivity contribution is -0.117. The lowest BCUT2D eigenvalue weighted by atomic mass is 9.86. The number of urea groups is 1. The van der Waals surface area contributed by atoms with E-state index in [0.717, 1.165) is 24.3 Å². The number of aromatic nitrogens is 1. The molecule has 1 aromatic rings. The minimum atomic E-state index is -0.389. The maximum Gasteiger partial charge on any atom is 0.321 e. The summed E-state index contributed by atoms with van der Waals surface area (Å²) in [6.45, 7) is 2.14. The first-order valence-electron chi connectivity index (χ1n) is 7.29. The second-order valence-corrected chi connectivity index (χ2v) is 6.34. The first-order chi connectivity index (χ1) is 10.1. The van der Waals surface area contributed by atoms with E-state index in [9.17, 15) is 9.59 Å². The lowest BCUT2D eigenvalue weighted by Gasteiger charge is -2.29. The van der Waals surface area contributed by atoms with Crippen molar-refractivity contribution < 1.29 is 9.59 Å². The number of nitrogens with one attached hydrogen (secondary N) is 2. The highest BCUT2D eigenvalue weighted by Crippen LogP contribution is 2.23. The largest absolute Gasteiger partial charge is 0.335 e. The van der Waals surface area contributed by atoms with E-state index in [2.05, 4.69) is 22.5 Å². The van der Waals surface area contributed by atoms with E-state index >= 15 is 0 Å². The van der Waals surface area contributed by atoms with Crippen molar-refractivity contribution in [1.29, 1.82) is 0 Å². The van der Waals surface area contributed by atoms with Crippen molar-refractivity contribution in [2.45, 2.75) is 43.7 Å². The zero-order valence-corrected chi connectivity index (χ0v) is 13.0. The highest BCUT2D eigenvalue weighted by atomic mass is 32.2. The predicted molar refractivity (Wildman–Crippen MR) is 83.1 cm³/mol. The quantitative estimate of drug-likeness (QED) is 0.839. The molecule has 0 aliphatic heterocycles. The Kier molecular flexibility index (Phi) is 6.04. The number of hydrogen-bond donors (Lipinski definition) is 2. The van der Waals surface area contributed by atoms with E-state index < -0.39 is 0 Å². The first kappa shape index (κ1) is 15.8. The van der Waals surface area contributed by atoms with E-state index in [1.807, 2.05) is 18.2 Å². The molecular formula is C15H21N3O2S. The van der Waals surface area contributed by atoms with Gasteiger partial charge in [-0.05, 0) is 30.9 Å². The van der Waals surface area contributed by atoms with Crippen LogP contribution in [0.25, 0.3) is 0 Å². The summed E-state index contributed by atoms with van der Waals surface area (Å²) in [6, 6.07) is 5.31. The topological polar surface area (TPSA) is 71.1 Å². The van der Waals surface area contributed by atoms with Gasteiger partial charge in [0.15, 0.2) is 0 Å². The van der Waals surface area contributed by atoms with Crippen LogP contribution in [0.5, 0.6) is 0 Å². The number of imide groups is 1. The summed E-state index contributed by atoms with van der Waals surface area (Å²) in [5, 5.41) is 6.05. The number of rotatable bonds is 4. The van der Waals surface area contributed by atoms with Crippen LogP contribution >= 0.6 is 11.8 Å². The third-order valence-electron chi connectivity index (χ3n) is 3.67. The molecule has 21 heavy (non-hydrogen) atoms. The number of carbonyl (C=O) groups is 2. The molecule has 1 heterocycles. The third-order valence-corrected chi connectivity index (χ3v) is 4.61. The van der Waals surface area contributed by atoms with Gasteiger partial charge in [0.25, 0.3) is 0 Å². The van der Waals surface area contributed by atoms with Crippen LogP contribution in [0.4, 0.5) is 4.79 Å². The van der Waals surface area contributed by atoms with Crippen molar-refractivity contribution in [3.8, 4) is 0 Å². The van der Waals surface area contributed by atoms with Gasteiger partial charge in [-0.1, -0.05) is 37.6 Å². The second-order valence-electron chi connectivity index (χ2n) is 5.35. The molecule has 0 saturated heterocycles. The molecule has 114 valence electrons. The Bertz CT molecular complexity index is 481. The molecule has 0 aromatic carbocycles. The van der Waals surface area contributed by atoms with E-state index in [1.165, 1.54) is 18.2 Å². The molecule has 0 bridgehead atoms. The predicted octanol–water partition coefficient (Wildman–Crippen LogP) is 2.58. The molecule has 0 unspecified atom stereocenters. The molecule has 3 amide bonds. The molecule has 1 fully saturated rings. The molecular weight excluding hydrogens is 286 g/mol. The first-order valence-corrected chi connectivity index (χ1v) is 8.28. The van der Waals surface area contributed by atoms with E-state index in [0.29, 0.717) is 5.92 Å². The monoisotopic (exact) mass is 307 g/mol. The summed E-state index contributed by atoms with van der Waals surface area (Å²) in [6.07, 6.45) is 6.16. The molecule has 1 saturated carbocycles. The summed E-state index contributed by atoms with van der Waals surface area (Å²) in [5.74, 6) is 0.360. The van der Waals surface area contributed by atoms with Gasteiger partial charge >= 0.3 is 6.03 Å². The van der Waals surface area contributed by atoms with Crippen LogP contribution in [0.2, 0.25) is 0 Å². The maximum atomic E-state index is 11.8. The summed E-state index contributed by atoms with van der Waals surface area (Å²) < 4.78 is 0. The van der Waals surface area contributed by atoms with Crippen molar-refractivity contribution >= 4 is 23.7 Å². The standard InChI is InChI=1S/C15H21N3O2S/c1-11-6-2-3-7-12(11)17-15(20)18-13(19)10-21-14-8-4-5-9-16-14/h4-5,8-9,11-12H,2-3,6-7,10H2,1H3,(H2,17,18,19,20)/t11-,12+/m1/s1. The van der Waals surface area contributed by atoms with Crippen molar-refractivity contribution in [2.75, 3.05) is 5.75 Å². The van der Waals surface area contributed by atoms with E-state index in [1.54, 1.807) is 6.20 Å². The van der Waals surface area contributed by atoms with Gasteiger partial charge in [-0.25, -0.2) is 9.78 Å². The van der Waals surface area contributed by atoms with E-state index in [4.69, 9.17) is 0 Å². The molecule has 2 atom stereocenters. The molecule has 0 radical (unpaired) electrons. The average Bonchev–Trinajstić information content (AvgIpc) is 2.48. The number of pyridine rings is 1. The highest BCUT2D eigenvalue weighted by molar-refractivity contribution is 7.99. The van der Waals surface area contributed by atoms with Crippen molar-refractivity contribution in [3.05, 3.63) is 24.4 Å². The molecule has 2 N–H and O–H groups in total. The van der Waals surface area contributed by atoms with Gasteiger partial charge in [0.05, 0.1) is 10.8 Å². The average molecular weight is 307 g/mol. The number of hydrogen-bond acceptors (Lipinski definition) is 4. The normalized spacial score (nSPS) is 21.6. The fourth-order valence-electron chi connectivity index (χ4n) is 2.47. The Morgan fingerprint density at radius 1 is 1.33 bits per heavy atom. The molecule has 6 heteroatoms. The van der Waals surface area contributed by atoms with Gasteiger partial charge in [0, 0.05) is 12.2 Å². The Balaban J connectivity index is 1.70. The van der Waals surface area contributed by atoms with Gasteiger partial charge in [-0.2, -0.15) is 0 Å². The fraction of sp³-hybridized carbons (Fsp3) is 0.533. The van der Waals surface area contributed by atoms with E-state index in [-0.39, 0.29) is 23.7 Å². The van der Waals surface area contributed by atoms with Gasteiger partial charge < -0.3 is 5.32 Å². The summed E-state index contributed by atoms with van der Waals surface area (Å²) >= 11 is 1.31. The van der Waals surface area contributed by atoms with Crippen LogP contribution < -0.4 is 10.6 Å². The van der Waals surface area contributed by atoms with Crippen LogP contribution in [-0.4, -0.2) is 28.7 Å². The fourth-order valence-corrected chi connectivity index (χ4v) is 3.13. The molecule has 0 spiro atoms. The molecule has 1 aliphatic rings. The van der Waals surface area contributed by atoms with Gasteiger partial charge in [0.1, 0.15) is 0 Å². The van der Waals surface area contributed by atoms with Crippen LogP contribution in [0, 0.1) is 5.92 Å². The number of nitrogens with zero attached hydrogens (tertiary/aromatic N) is 1. The Hall–Kier alpha value is -1.56. The SMILES string of the molecule is C[C@@H]1CCCC[C@@H]1NC(=O)NC(=O)CSc1ccccn1. The highest BCUT2D eigenvalue weighted by Gasteiger charge is 2.23. The second kappa shape index (κ2) is 8.02. The van der Waals surface area contributed by atoms with Gasteiger partial charge in [-0.3, -0.25) is 10.1 Å². The smallest absolute Gasteiger partial charge is 0.321 e. The van der Waals surface area contributed by atoms with Crippen molar-refractivity contribution in [3.63, 3.8) is 0 Å². The Morgan fingerprint density at radius 3 is 2.86 bits per heavy atom. The summed E-state index contributed by atoms with van der Waals surface area (Å²) in [4.78, 5) is 27.7. The Labute approximate surface area is 129 Å². The maximum absolute atomic E-state index is 11.8. The van der Waals surface area contributed by atoms with Crippen molar-refractivity contribution in [1.82, 2.24) is 15.6 Å². The van der Waals surface area contributed by atoms with Crippen LogP contribution in [-0.2, 0) is 4.79 Å². The van der Waals surface area contributed by atoms with Crippen LogP contribution in [0.3, 0.4) is 0 Å². The molecule has 1 aromatic heterocycles. The molecule has 2 rings (SSSR count). The van der Waals surface area contributed by atoms with Crippen LogP contribution in [0.15, 0.2) is 29.4 Å². The number of thioether (sulfide) groups is 1. The summed E-state index contributed by atoms with van der Waals surface area (Å²) in [7, 11) is 0. The zero-order chi connectivity index (χ0) is 15.1. The Morgan fingerprint density at radius 2 is 2.14 bits per heavy atom. The summed E-state index contributed by atoms with van der Waals surface area (Å²) in [5.41, 5.74) is 0. The third kappa shape index (κ3) is 5.38. The molecule has 1 aliphatic carbocycles. The molecule has 5 nitrogen and oxygen atoms in total. The van der Waals surface area contributed by atoms with Gasteiger partial charge in [0.2, 0.25) is 5.91 Å². The lowest BCUT2D eigenvalue weighted by Crippen LogP contribution is -2.48. The number of amides is 3. The minimum absolute atomic E-state index is 0.176. The van der Waals surface area contributed by atoms with Crippen LogP contribution in [0.1, 0.15) is 32.6 Å². The van der Waals surface area contributed by atoms with Gasteiger partial charge in [-0.15, -0.1) is 0 Å². The zero-order valence-electron chi connectivity index (χ0n) is 12.2. The minimum Gasteiger partial charge on any atom is -0.335 e.